The topological polar surface area (TPSA) is 41.5 Å². The second kappa shape index (κ2) is 8.18. The monoisotopic (exact) mass is 265 g/mol. The van der Waals surface area contributed by atoms with Gasteiger partial charge in [-0.1, -0.05) is 26.0 Å². The maximum absolute atomic E-state index is 10.1. The van der Waals surface area contributed by atoms with Gasteiger partial charge in [-0.3, -0.25) is 0 Å². The number of ether oxygens (including phenoxy) is 1. The Kier molecular flexibility index (Phi) is 6.89. The van der Waals surface area contributed by atoms with Crippen LogP contribution in [-0.4, -0.2) is 24.3 Å². The van der Waals surface area contributed by atoms with Gasteiger partial charge >= 0.3 is 0 Å². The lowest BCUT2D eigenvalue weighted by atomic mass is 10.1. The van der Waals surface area contributed by atoms with Crippen molar-refractivity contribution in [3.8, 4) is 5.75 Å². The Labute approximate surface area is 117 Å². The third kappa shape index (κ3) is 6.60. The van der Waals surface area contributed by atoms with Gasteiger partial charge in [-0.15, -0.1) is 0 Å². The molecular formula is C16H27NO2. The predicted molar refractivity (Wildman–Crippen MR) is 79.5 cm³/mol. The highest BCUT2D eigenvalue weighted by Gasteiger charge is 2.07. The highest BCUT2D eigenvalue weighted by atomic mass is 16.5. The first kappa shape index (κ1) is 16.0. The Balaban J connectivity index is 2.37. The molecule has 1 atom stereocenters. The van der Waals surface area contributed by atoms with E-state index in [4.69, 9.17) is 4.74 Å². The number of aliphatic hydroxyl groups is 1. The fraction of sp³-hybridized carbons (Fsp3) is 0.625. The molecule has 0 aromatic heterocycles. The van der Waals surface area contributed by atoms with Crippen molar-refractivity contribution in [2.45, 2.75) is 46.3 Å². The van der Waals surface area contributed by atoms with Crippen molar-refractivity contribution in [2.75, 3.05) is 13.1 Å². The van der Waals surface area contributed by atoms with Crippen LogP contribution in [-0.2, 0) is 0 Å². The second-order valence-corrected chi connectivity index (χ2v) is 5.64. The number of benzene rings is 1. The third-order valence-corrected chi connectivity index (χ3v) is 2.87. The molecule has 3 nitrogen and oxygen atoms in total. The summed E-state index contributed by atoms with van der Waals surface area (Å²) in [4.78, 5) is 0. The highest BCUT2D eigenvalue weighted by molar-refractivity contribution is 5.28. The van der Waals surface area contributed by atoms with Gasteiger partial charge < -0.3 is 15.2 Å². The van der Waals surface area contributed by atoms with Gasteiger partial charge in [0, 0.05) is 6.54 Å². The standard InChI is InChI=1S/C16H27NO2/c1-12(2)9-10-17-11-16(18)14-5-7-15(8-6-14)19-13(3)4/h5-8,12-13,16-18H,9-11H2,1-4H3. The van der Waals surface area contributed by atoms with Gasteiger partial charge in [-0.2, -0.15) is 0 Å². The van der Waals surface area contributed by atoms with Crippen molar-refractivity contribution in [1.82, 2.24) is 5.32 Å². The Morgan fingerprint density at radius 3 is 2.26 bits per heavy atom. The van der Waals surface area contributed by atoms with Crippen molar-refractivity contribution in [1.29, 1.82) is 0 Å². The van der Waals surface area contributed by atoms with E-state index in [0.717, 1.165) is 24.3 Å². The quantitative estimate of drug-likeness (QED) is 0.710. The van der Waals surface area contributed by atoms with Gasteiger partial charge in [-0.25, -0.2) is 0 Å². The van der Waals surface area contributed by atoms with Crippen LogP contribution in [0.3, 0.4) is 0 Å². The summed E-state index contributed by atoms with van der Waals surface area (Å²) in [5.41, 5.74) is 0.924. The molecule has 1 aromatic carbocycles. The van der Waals surface area contributed by atoms with E-state index in [1.807, 2.05) is 38.1 Å². The first-order valence-electron chi connectivity index (χ1n) is 7.14. The molecule has 0 fully saturated rings. The van der Waals surface area contributed by atoms with Crippen LogP contribution in [0.4, 0.5) is 0 Å². The van der Waals surface area contributed by atoms with E-state index in [9.17, 15) is 5.11 Å². The molecular weight excluding hydrogens is 238 g/mol. The first-order chi connectivity index (χ1) is 8.99. The molecule has 108 valence electrons. The smallest absolute Gasteiger partial charge is 0.119 e. The largest absolute Gasteiger partial charge is 0.491 e. The lowest BCUT2D eigenvalue weighted by Crippen LogP contribution is -2.23. The number of hydrogen-bond acceptors (Lipinski definition) is 3. The fourth-order valence-corrected chi connectivity index (χ4v) is 1.79. The zero-order chi connectivity index (χ0) is 14.3. The minimum absolute atomic E-state index is 0.175. The van der Waals surface area contributed by atoms with Crippen LogP contribution in [0.25, 0.3) is 0 Å². The number of aliphatic hydroxyl groups excluding tert-OH is 1. The van der Waals surface area contributed by atoms with E-state index in [0.29, 0.717) is 12.5 Å². The van der Waals surface area contributed by atoms with Crippen LogP contribution in [0.2, 0.25) is 0 Å². The zero-order valence-electron chi connectivity index (χ0n) is 12.5. The minimum Gasteiger partial charge on any atom is -0.491 e. The Morgan fingerprint density at radius 2 is 1.74 bits per heavy atom. The van der Waals surface area contributed by atoms with Crippen LogP contribution in [0.1, 0.15) is 45.8 Å². The lowest BCUT2D eigenvalue weighted by molar-refractivity contribution is 0.174. The third-order valence-electron chi connectivity index (χ3n) is 2.87. The summed E-state index contributed by atoms with van der Waals surface area (Å²) in [6.07, 6.45) is 0.849. The summed E-state index contributed by atoms with van der Waals surface area (Å²) < 4.78 is 5.58. The molecule has 2 N–H and O–H groups in total. The maximum atomic E-state index is 10.1. The molecule has 0 aliphatic carbocycles. The van der Waals surface area contributed by atoms with E-state index in [1.54, 1.807) is 0 Å². The summed E-state index contributed by atoms with van der Waals surface area (Å²) in [5.74, 6) is 1.54. The van der Waals surface area contributed by atoms with Gasteiger partial charge in [0.1, 0.15) is 5.75 Å². The van der Waals surface area contributed by atoms with Crippen LogP contribution in [0.5, 0.6) is 5.75 Å². The van der Waals surface area contributed by atoms with E-state index < -0.39 is 6.10 Å². The Morgan fingerprint density at radius 1 is 1.11 bits per heavy atom. The van der Waals surface area contributed by atoms with Crippen molar-refractivity contribution in [3.63, 3.8) is 0 Å². The second-order valence-electron chi connectivity index (χ2n) is 5.64. The molecule has 0 heterocycles. The minimum atomic E-state index is -0.458. The van der Waals surface area contributed by atoms with Crippen molar-refractivity contribution in [2.24, 2.45) is 5.92 Å². The molecule has 1 rings (SSSR count). The molecule has 19 heavy (non-hydrogen) atoms. The summed E-state index contributed by atoms with van der Waals surface area (Å²) in [6.45, 7) is 9.94. The Bertz CT molecular complexity index is 346. The molecule has 0 amide bonds. The summed E-state index contributed by atoms with van der Waals surface area (Å²) in [6, 6.07) is 7.67. The summed E-state index contributed by atoms with van der Waals surface area (Å²) in [5, 5.41) is 13.3. The number of nitrogens with one attached hydrogen (secondary N) is 1. The SMILES string of the molecule is CC(C)CCNCC(O)c1ccc(OC(C)C)cc1. The lowest BCUT2D eigenvalue weighted by Gasteiger charge is -2.14. The molecule has 0 saturated heterocycles. The van der Waals surface area contributed by atoms with E-state index >= 15 is 0 Å². The van der Waals surface area contributed by atoms with E-state index in [1.165, 1.54) is 0 Å². The molecule has 0 bridgehead atoms. The van der Waals surface area contributed by atoms with Crippen molar-refractivity contribution in [3.05, 3.63) is 29.8 Å². The van der Waals surface area contributed by atoms with Crippen LogP contribution in [0.15, 0.2) is 24.3 Å². The fourth-order valence-electron chi connectivity index (χ4n) is 1.79. The number of rotatable bonds is 8. The van der Waals surface area contributed by atoms with Gasteiger partial charge in [0.15, 0.2) is 0 Å². The van der Waals surface area contributed by atoms with E-state index in [2.05, 4.69) is 19.2 Å². The van der Waals surface area contributed by atoms with Gasteiger partial charge in [0.25, 0.3) is 0 Å². The molecule has 0 aliphatic rings. The summed E-state index contributed by atoms with van der Waals surface area (Å²) >= 11 is 0. The Hall–Kier alpha value is -1.06. The van der Waals surface area contributed by atoms with Crippen molar-refractivity contribution < 1.29 is 9.84 Å². The maximum Gasteiger partial charge on any atom is 0.119 e. The highest BCUT2D eigenvalue weighted by Crippen LogP contribution is 2.18. The number of hydrogen-bond donors (Lipinski definition) is 2. The van der Waals surface area contributed by atoms with E-state index in [-0.39, 0.29) is 6.10 Å². The first-order valence-corrected chi connectivity index (χ1v) is 7.14. The van der Waals surface area contributed by atoms with Gasteiger partial charge in [-0.05, 0) is 50.4 Å². The molecule has 1 aromatic rings. The van der Waals surface area contributed by atoms with Gasteiger partial charge in [0.05, 0.1) is 12.2 Å². The van der Waals surface area contributed by atoms with Crippen LogP contribution >= 0.6 is 0 Å². The molecule has 0 aliphatic heterocycles. The normalized spacial score (nSPS) is 13.0. The van der Waals surface area contributed by atoms with Crippen LogP contribution in [0, 0.1) is 5.92 Å². The molecule has 0 radical (unpaired) electrons. The average Bonchev–Trinajstić information content (AvgIpc) is 2.34. The van der Waals surface area contributed by atoms with Gasteiger partial charge in [0.2, 0.25) is 0 Å². The molecule has 1 unspecified atom stereocenters. The molecule has 3 heteroatoms. The van der Waals surface area contributed by atoms with Crippen LogP contribution < -0.4 is 10.1 Å². The van der Waals surface area contributed by atoms with Crippen molar-refractivity contribution >= 4 is 0 Å². The molecule has 0 saturated carbocycles. The summed E-state index contributed by atoms with van der Waals surface area (Å²) in [7, 11) is 0. The molecule has 0 spiro atoms. The zero-order valence-corrected chi connectivity index (χ0v) is 12.5. The average molecular weight is 265 g/mol. The predicted octanol–water partition coefficient (Wildman–Crippen LogP) is 3.14.